The Hall–Kier alpha value is -6.88. The molecule has 4 nitrogen and oxygen atoms in total. The van der Waals surface area contributed by atoms with Gasteiger partial charge in [0.2, 0.25) is 0 Å². The molecule has 2 heterocycles. The van der Waals surface area contributed by atoms with E-state index in [1.54, 1.807) is 0 Å². The second-order valence-corrected chi connectivity index (χ2v) is 12.0. The first kappa shape index (κ1) is 27.4. The van der Waals surface area contributed by atoms with Gasteiger partial charge in [-0.3, -0.25) is 0 Å². The Morgan fingerprint density at radius 2 is 0.917 bits per heavy atom. The number of aromatic nitrogens is 2. The molecule has 2 aromatic heterocycles. The first-order valence-electron chi connectivity index (χ1n) is 15.8. The second kappa shape index (κ2) is 10.9. The molecule has 0 unspecified atom stereocenters. The third-order valence-electron chi connectivity index (χ3n) is 9.35. The van der Waals surface area contributed by atoms with Crippen molar-refractivity contribution in [3.63, 3.8) is 0 Å². The molecule has 222 valence electrons. The molecule has 0 radical (unpaired) electrons. The van der Waals surface area contributed by atoms with Crippen LogP contribution in [0.1, 0.15) is 0 Å². The zero-order valence-corrected chi connectivity index (χ0v) is 25.8. The smallest absolute Gasteiger partial charge is 0.189 e. The highest BCUT2D eigenvalue weighted by Crippen LogP contribution is 2.40. The van der Waals surface area contributed by atoms with Gasteiger partial charge in [0, 0.05) is 44.0 Å². The molecule has 0 amide bonds. The van der Waals surface area contributed by atoms with Gasteiger partial charge in [-0.15, -0.1) is 0 Å². The SMILES string of the molecule is [C-]#[N+]c1ccc(-c2ccc(-c3cccc(-n4c5ccccc5c5ccccc54)c3)cc2)c(-n2c3ccccc3c3ccc([N+]#[C-])cc32)c1. The first-order valence-corrected chi connectivity index (χ1v) is 15.8. The van der Waals surface area contributed by atoms with Crippen LogP contribution in [0, 0.1) is 13.1 Å². The molecule has 0 fully saturated rings. The van der Waals surface area contributed by atoms with Gasteiger partial charge in [0.25, 0.3) is 0 Å². The normalized spacial score (nSPS) is 11.3. The zero-order chi connectivity index (χ0) is 32.2. The van der Waals surface area contributed by atoms with Crippen LogP contribution in [-0.4, -0.2) is 9.13 Å². The highest BCUT2D eigenvalue weighted by molar-refractivity contribution is 6.11. The summed E-state index contributed by atoms with van der Waals surface area (Å²) in [6, 6.07) is 54.6. The Bertz CT molecular complexity index is 2750. The number of nitrogens with zero attached hydrogens (tertiary/aromatic N) is 4. The average Bonchev–Trinajstić information content (AvgIpc) is 3.67. The van der Waals surface area contributed by atoms with E-state index in [-0.39, 0.29) is 0 Å². The lowest BCUT2D eigenvalue weighted by Crippen LogP contribution is -1.97. The fraction of sp³-hybridized carbons (Fsp3) is 0. The van der Waals surface area contributed by atoms with E-state index < -0.39 is 0 Å². The lowest BCUT2D eigenvalue weighted by atomic mass is 9.98. The number of fused-ring (bicyclic) bond motifs is 6. The van der Waals surface area contributed by atoms with E-state index in [0.29, 0.717) is 11.4 Å². The maximum atomic E-state index is 7.79. The Morgan fingerprint density at radius 3 is 1.56 bits per heavy atom. The van der Waals surface area contributed by atoms with E-state index in [1.165, 1.54) is 21.8 Å². The summed E-state index contributed by atoms with van der Waals surface area (Å²) in [6.45, 7) is 15.4. The van der Waals surface area contributed by atoms with Gasteiger partial charge in [0.05, 0.1) is 29.7 Å². The Morgan fingerprint density at radius 1 is 0.375 bits per heavy atom. The van der Waals surface area contributed by atoms with Crippen LogP contribution in [0.3, 0.4) is 0 Å². The van der Waals surface area contributed by atoms with Gasteiger partial charge in [-0.2, -0.15) is 0 Å². The molecule has 9 rings (SSSR count). The maximum Gasteiger partial charge on any atom is 0.189 e. The molecule has 0 saturated carbocycles. The zero-order valence-electron chi connectivity index (χ0n) is 25.8. The van der Waals surface area contributed by atoms with Gasteiger partial charge >= 0.3 is 0 Å². The molecule has 4 heteroatoms. The lowest BCUT2D eigenvalue weighted by Gasteiger charge is -2.16. The molecule has 0 aliphatic rings. The third-order valence-corrected chi connectivity index (χ3v) is 9.35. The second-order valence-electron chi connectivity index (χ2n) is 12.0. The number of hydrogen-bond acceptors (Lipinski definition) is 0. The summed E-state index contributed by atoms with van der Waals surface area (Å²) >= 11 is 0. The largest absolute Gasteiger partial charge is 0.311 e. The molecule has 0 saturated heterocycles. The van der Waals surface area contributed by atoms with Crippen molar-refractivity contribution in [3.8, 4) is 33.6 Å². The number of benzene rings is 7. The molecular weight excluding hydrogens is 585 g/mol. The molecule has 0 atom stereocenters. The van der Waals surface area contributed by atoms with Crippen LogP contribution in [0.2, 0.25) is 0 Å². The summed E-state index contributed by atoms with van der Waals surface area (Å²) in [7, 11) is 0. The minimum Gasteiger partial charge on any atom is -0.311 e. The summed E-state index contributed by atoms with van der Waals surface area (Å²) in [5.41, 5.74) is 11.9. The van der Waals surface area contributed by atoms with Crippen molar-refractivity contribution in [3.05, 3.63) is 181 Å². The molecular formula is C44H26N4. The van der Waals surface area contributed by atoms with Gasteiger partial charge < -0.3 is 9.13 Å². The number of para-hydroxylation sites is 3. The minimum atomic E-state index is 0.569. The van der Waals surface area contributed by atoms with Crippen molar-refractivity contribution in [1.29, 1.82) is 0 Å². The van der Waals surface area contributed by atoms with Crippen LogP contribution in [0.5, 0.6) is 0 Å². The van der Waals surface area contributed by atoms with Gasteiger partial charge in [-0.05, 0) is 59.2 Å². The lowest BCUT2D eigenvalue weighted by molar-refractivity contribution is 1.18. The van der Waals surface area contributed by atoms with E-state index in [4.69, 9.17) is 13.1 Å². The summed E-state index contributed by atoms with van der Waals surface area (Å²) in [6.07, 6.45) is 0. The summed E-state index contributed by atoms with van der Waals surface area (Å²) in [4.78, 5) is 7.49. The number of rotatable bonds is 4. The van der Waals surface area contributed by atoms with E-state index in [0.717, 1.165) is 55.4 Å². The van der Waals surface area contributed by atoms with Crippen LogP contribution in [-0.2, 0) is 0 Å². The molecule has 0 aliphatic heterocycles. The van der Waals surface area contributed by atoms with Crippen molar-refractivity contribution in [2.45, 2.75) is 0 Å². The monoisotopic (exact) mass is 610 g/mol. The fourth-order valence-electron chi connectivity index (χ4n) is 7.17. The van der Waals surface area contributed by atoms with Gasteiger partial charge in [0.15, 0.2) is 11.4 Å². The van der Waals surface area contributed by atoms with E-state index in [2.05, 4.69) is 128 Å². The Labute approximate surface area is 277 Å². The molecule has 0 bridgehead atoms. The van der Waals surface area contributed by atoms with Crippen LogP contribution in [0.25, 0.3) is 86.9 Å². The van der Waals surface area contributed by atoms with Crippen LogP contribution < -0.4 is 0 Å². The highest BCUT2D eigenvalue weighted by Gasteiger charge is 2.17. The maximum absolute atomic E-state index is 7.79. The fourth-order valence-corrected chi connectivity index (χ4v) is 7.17. The van der Waals surface area contributed by atoms with E-state index >= 15 is 0 Å². The molecule has 7 aromatic carbocycles. The Balaban J connectivity index is 1.17. The predicted octanol–water partition coefficient (Wildman–Crippen LogP) is 12.3. The minimum absolute atomic E-state index is 0.569. The summed E-state index contributed by atoms with van der Waals surface area (Å²) in [5, 5.41) is 4.69. The quantitative estimate of drug-likeness (QED) is 0.177. The van der Waals surface area contributed by atoms with E-state index in [9.17, 15) is 0 Å². The van der Waals surface area contributed by atoms with Crippen molar-refractivity contribution in [2.75, 3.05) is 0 Å². The molecule has 0 aliphatic carbocycles. The molecule has 48 heavy (non-hydrogen) atoms. The van der Waals surface area contributed by atoms with Crippen molar-refractivity contribution in [1.82, 2.24) is 9.13 Å². The molecule has 9 aromatic rings. The molecule has 0 N–H and O–H groups in total. The van der Waals surface area contributed by atoms with E-state index in [1.807, 2.05) is 48.5 Å². The van der Waals surface area contributed by atoms with Crippen molar-refractivity contribution in [2.24, 2.45) is 0 Å². The Kier molecular flexibility index (Phi) is 6.22. The number of hydrogen-bond donors (Lipinski definition) is 0. The van der Waals surface area contributed by atoms with Gasteiger partial charge in [-0.25, -0.2) is 9.69 Å². The highest BCUT2D eigenvalue weighted by atomic mass is 15.0. The summed E-state index contributed by atoms with van der Waals surface area (Å²) < 4.78 is 4.55. The predicted molar refractivity (Wildman–Crippen MR) is 199 cm³/mol. The topological polar surface area (TPSA) is 18.6 Å². The summed E-state index contributed by atoms with van der Waals surface area (Å²) in [5.74, 6) is 0. The standard InChI is InChI=1S/C44H26N4/c1-45-32-22-24-35(43(27-32)48-42-17-8-5-14-38(42)39-25-23-33(46-2)28-44(39)48)30-20-18-29(19-21-30)31-10-9-11-34(26-31)47-40-15-6-3-12-36(40)37-13-4-7-16-41(37)47/h3-28H. The van der Waals surface area contributed by atoms with Crippen molar-refractivity contribution >= 4 is 55.0 Å². The van der Waals surface area contributed by atoms with Crippen LogP contribution in [0.4, 0.5) is 11.4 Å². The third kappa shape index (κ3) is 4.22. The first-order chi connectivity index (χ1) is 23.7. The van der Waals surface area contributed by atoms with Gasteiger partial charge in [-0.1, -0.05) is 115 Å². The molecule has 0 spiro atoms. The van der Waals surface area contributed by atoms with Crippen LogP contribution in [0.15, 0.2) is 158 Å². The van der Waals surface area contributed by atoms with Gasteiger partial charge in [0.1, 0.15) is 0 Å². The van der Waals surface area contributed by atoms with Crippen LogP contribution >= 0.6 is 0 Å². The van der Waals surface area contributed by atoms with Crippen molar-refractivity contribution < 1.29 is 0 Å². The average molecular weight is 611 g/mol.